The molecule has 32 heavy (non-hydrogen) atoms. The lowest BCUT2D eigenvalue weighted by Crippen LogP contribution is -2.34. The summed E-state index contributed by atoms with van der Waals surface area (Å²) in [6.07, 6.45) is 1.59. The van der Waals surface area contributed by atoms with Crippen LogP contribution in [0.1, 0.15) is 30.3 Å². The smallest absolute Gasteiger partial charge is 0.322 e. The normalized spacial score (nSPS) is 16.0. The van der Waals surface area contributed by atoms with Crippen LogP contribution < -0.4 is 5.32 Å². The van der Waals surface area contributed by atoms with E-state index in [1.54, 1.807) is 23.1 Å². The number of aryl methyl sites for hydroxylation is 1. The van der Waals surface area contributed by atoms with E-state index in [4.69, 9.17) is 4.42 Å². The van der Waals surface area contributed by atoms with Crippen LogP contribution in [0.5, 0.6) is 0 Å². The standard InChI is InChI=1S/C25H21F2N3O2/c1-15-4-8-18(9-5-15)28-25(31)30-12-2-3-22(30)24-29-21-13-16(6-11-23(21)32-24)19-10-7-17(26)14-20(19)27/h4-11,13-14,22H,2-3,12H2,1H3,(H,28,31). The third-order valence-electron chi connectivity index (χ3n) is 5.75. The third-order valence-corrected chi connectivity index (χ3v) is 5.75. The van der Waals surface area contributed by atoms with Gasteiger partial charge in [0.05, 0.1) is 0 Å². The molecular weight excluding hydrogens is 412 g/mol. The van der Waals surface area contributed by atoms with E-state index >= 15 is 0 Å². The Balaban J connectivity index is 1.40. The van der Waals surface area contributed by atoms with E-state index in [-0.39, 0.29) is 17.6 Å². The molecule has 1 N–H and O–H groups in total. The molecule has 7 heteroatoms. The van der Waals surface area contributed by atoms with Crippen LogP contribution in [0.15, 0.2) is 65.1 Å². The van der Waals surface area contributed by atoms with Crippen LogP contribution in [-0.2, 0) is 0 Å². The first-order valence-electron chi connectivity index (χ1n) is 10.5. The minimum Gasteiger partial charge on any atom is -0.438 e. The molecule has 5 rings (SSSR count). The molecule has 0 aliphatic carbocycles. The highest BCUT2D eigenvalue weighted by atomic mass is 19.1. The minimum absolute atomic E-state index is 0.201. The van der Waals surface area contributed by atoms with Crippen LogP contribution in [-0.4, -0.2) is 22.5 Å². The fourth-order valence-electron chi connectivity index (χ4n) is 4.08. The summed E-state index contributed by atoms with van der Waals surface area (Å²) in [7, 11) is 0. The van der Waals surface area contributed by atoms with Crippen molar-refractivity contribution in [1.29, 1.82) is 0 Å². The molecule has 162 valence electrons. The maximum absolute atomic E-state index is 14.2. The number of aromatic nitrogens is 1. The van der Waals surface area contributed by atoms with Crippen LogP contribution in [0.25, 0.3) is 22.2 Å². The number of carbonyl (C=O) groups excluding carboxylic acids is 1. The molecule has 1 aliphatic rings. The molecule has 0 spiro atoms. The van der Waals surface area contributed by atoms with Gasteiger partial charge in [-0.3, -0.25) is 0 Å². The van der Waals surface area contributed by atoms with E-state index in [2.05, 4.69) is 10.3 Å². The van der Waals surface area contributed by atoms with Crippen molar-refractivity contribution < 1.29 is 18.0 Å². The van der Waals surface area contributed by atoms with E-state index < -0.39 is 11.6 Å². The Morgan fingerprint density at radius 1 is 1.09 bits per heavy atom. The topological polar surface area (TPSA) is 58.4 Å². The van der Waals surface area contributed by atoms with Gasteiger partial charge in [0, 0.05) is 23.9 Å². The van der Waals surface area contributed by atoms with Crippen molar-refractivity contribution in [3.8, 4) is 11.1 Å². The lowest BCUT2D eigenvalue weighted by molar-refractivity contribution is 0.199. The first kappa shape index (κ1) is 20.2. The zero-order valence-electron chi connectivity index (χ0n) is 17.4. The Labute approximate surface area is 183 Å². The van der Waals surface area contributed by atoms with Gasteiger partial charge in [0.15, 0.2) is 5.58 Å². The van der Waals surface area contributed by atoms with Crippen LogP contribution >= 0.6 is 0 Å². The summed E-state index contributed by atoms with van der Waals surface area (Å²) in [6, 6.07) is 15.8. The van der Waals surface area contributed by atoms with E-state index in [1.165, 1.54) is 12.1 Å². The molecule has 2 heterocycles. The second kappa shape index (κ2) is 8.07. The quantitative estimate of drug-likeness (QED) is 0.404. The number of likely N-dealkylation sites (tertiary alicyclic amines) is 1. The summed E-state index contributed by atoms with van der Waals surface area (Å²) >= 11 is 0. The zero-order valence-corrected chi connectivity index (χ0v) is 17.4. The Morgan fingerprint density at radius 2 is 1.91 bits per heavy atom. The molecule has 0 bridgehead atoms. The molecule has 1 saturated heterocycles. The monoisotopic (exact) mass is 433 g/mol. The Hall–Kier alpha value is -3.74. The van der Waals surface area contributed by atoms with Gasteiger partial charge in [0.25, 0.3) is 0 Å². The Morgan fingerprint density at radius 3 is 2.69 bits per heavy atom. The van der Waals surface area contributed by atoms with Gasteiger partial charge < -0.3 is 14.6 Å². The first-order valence-corrected chi connectivity index (χ1v) is 10.5. The highest BCUT2D eigenvalue weighted by Crippen LogP contribution is 2.35. The van der Waals surface area contributed by atoms with Crippen LogP contribution in [0, 0.1) is 18.6 Å². The van der Waals surface area contributed by atoms with E-state index in [9.17, 15) is 13.6 Å². The van der Waals surface area contributed by atoms with Gasteiger partial charge in [-0.1, -0.05) is 23.8 Å². The summed E-state index contributed by atoms with van der Waals surface area (Å²) in [6.45, 7) is 2.60. The number of anilines is 1. The zero-order chi connectivity index (χ0) is 22.2. The summed E-state index contributed by atoms with van der Waals surface area (Å²) in [5, 5.41) is 2.93. The summed E-state index contributed by atoms with van der Waals surface area (Å²) in [5.74, 6) is -0.808. The van der Waals surface area contributed by atoms with Crippen LogP contribution in [0.3, 0.4) is 0 Å². The van der Waals surface area contributed by atoms with Crippen molar-refractivity contribution in [3.05, 3.63) is 83.8 Å². The summed E-state index contributed by atoms with van der Waals surface area (Å²) in [5.41, 5.74) is 3.83. The molecule has 0 saturated carbocycles. The van der Waals surface area contributed by atoms with Crippen molar-refractivity contribution in [3.63, 3.8) is 0 Å². The number of oxazole rings is 1. The summed E-state index contributed by atoms with van der Waals surface area (Å²) < 4.78 is 33.4. The molecule has 1 aliphatic heterocycles. The van der Waals surface area contributed by atoms with Gasteiger partial charge in [0.2, 0.25) is 5.89 Å². The van der Waals surface area contributed by atoms with Crippen molar-refractivity contribution in [2.75, 3.05) is 11.9 Å². The molecule has 0 radical (unpaired) electrons. The number of nitrogens with zero attached hydrogens (tertiary/aromatic N) is 2. The van der Waals surface area contributed by atoms with Crippen molar-refractivity contribution in [2.24, 2.45) is 0 Å². The molecule has 4 aromatic rings. The molecule has 1 unspecified atom stereocenters. The number of nitrogens with one attached hydrogen (secondary N) is 1. The highest BCUT2D eigenvalue weighted by molar-refractivity contribution is 5.90. The molecule has 1 fully saturated rings. The van der Waals surface area contributed by atoms with Gasteiger partial charge in [0.1, 0.15) is 23.2 Å². The van der Waals surface area contributed by atoms with Crippen molar-refractivity contribution in [2.45, 2.75) is 25.8 Å². The van der Waals surface area contributed by atoms with E-state index in [1.807, 2.05) is 31.2 Å². The first-order chi connectivity index (χ1) is 15.5. The molecule has 3 aromatic carbocycles. The average molecular weight is 433 g/mol. The molecule has 1 atom stereocenters. The number of carbonyl (C=O) groups is 1. The van der Waals surface area contributed by atoms with E-state index in [0.717, 1.165) is 30.2 Å². The van der Waals surface area contributed by atoms with Gasteiger partial charge in [-0.15, -0.1) is 0 Å². The number of rotatable bonds is 3. The van der Waals surface area contributed by atoms with Gasteiger partial charge in [-0.05, 0) is 61.7 Å². The number of hydrogen-bond donors (Lipinski definition) is 1. The number of halogens is 2. The third kappa shape index (κ3) is 3.82. The second-order valence-electron chi connectivity index (χ2n) is 8.01. The Kier molecular flexibility index (Phi) is 5.09. The van der Waals surface area contributed by atoms with E-state index in [0.29, 0.717) is 29.1 Å². The number of hydrogen-bond acceptors (Lipinski definition) is 3. The predicted octanol–water partition coefficient (Wildman–Crippen LogP) is 6.45. The molecule has 5 nitrogen and oxygen atoms in total. The van der Waals surface area contributed by atoms with Crippen molar-refractivity contribution in [1.82, 2.24) is 9.88 Å². The SMILES string of the molecule is Cc1ccc(NC(=O)N2CCCC2c2nc3cc(-c4ccc(F)cc4F)ccc3o2)cc1. The van der Waals surface area contributed by atoms with Crippen LogP contribution in [0.2, 0.25) is 0 Å². The van der Waals surface area contributed by atoms with Crippen molar-refractivity contribution >= 4 is 22.8 Å². The molecule has 2 amide bonds. The van der Waals surface area contributed by atoms with Crippen LogP contribution in [0.4, 0.5) is 19.3 Å². The molecular formula is C25H21F2N3O2. The number of amides is 2. The van der Waals surface area contributed by atoms with Gasteiger partial charge in [-0.2, -0.15) is 0 Å². The number of benzene rings is 3. The minimum atomic E-state index is -0.636. The second-order valence-corrected chi connectivity index (χ2v) is 8.01. The van der Waals surface area contributed by atoms with Gasteiger partial charge >= 0.3 is 6.03 Å². The molecule has 1 aromatic heterocycles. The largest absolute Gasteiger partial charge is 0.438 e. The fourth-order valence-corrected chi connectivity index (χ4v) is 4.08. The average Bonchev–Trinajstić information content (AvgIpc) is 3.41. The number of urea groups is 1. The predicted molar refractivity (Wildman–Crippen MR) is 118 cm³/mol. The maximum atomic E-state index is 14.2. The maximum Gasteiger partial charge on any atom is 0.322 e. The van der Waals surface area contributed by atoms with Gasteiger partial charge in [-0.25, -0.2) is 18.6 Å². The lowest BCUT2D eigenvalue weighted by atomic mass is 10.0. The number of fused-ring (bicyclic) bond motifs is 1. The fraction of sp³-hybridized carbons (Fsp3) is 0.200. The summed E-state index contributed by atoms with van der Waals surface area (Å²) in [4.78, 5) is 19.2. The highest BCUT2D eigenvalue weighted by Gasteiger charge is 2.33. The Bertz CT molecular complexity index is 1300. The lowest BCUT2D eigenvalue weighted by Gasteiger charge is -2.22.